The Balaban J connectivity index is 1.87. The molecule has 2 aromatic carbocycles. The van der Waals surface area contributed by atoms with Crippen molar-refractivity contribution >= 4 is 38.7 Å². The highest BCUT2D eigenvalue weighted by Gasteiger charge is 2.10. The van der Waals surface area contributed by atoms with Crippen molar-refractivity contribution in [3.05, 3.63) is 58.7 Å². The highest BCUT2D eigenvalue weighted by molar-refractivity contribution is 9.10. The van der Waals surface area contributed by atoms with Gasteiger partial charge in [-0.2, -0.15) is 0 Å². The van der Waals surface area contributed by atoms with Gasteiger partial charge in [-0.25, -0.2) is 9.98 Å². The van der Waals surface area contributed by atoms with Crippen LogP contribution in [0.4, 0.5) is 5.69 Å². The highest BCUT2D eigenvalue weighted by Crippen LogP contribution is 2.33. The van der Waals surface area contributed by atoms with Crippen LogP contribution in [0.5, 0.6) is 11.6 Å². The van der Waals surface area contributed by atoms with Crippen molar-refractivity contribution in [2.75, 3.05) is 13.6 Å². The van der Waals surface area contributed by atoms with Gasteiger partial charge in [-0.1, -0.05) is 30.3 Å². The molecule has 0 N–H and O–H groups in total. The van der Waals surface area contributed by atoms with Crippen LogP contribution in [0.15, 0.2) is 58.0 Å². The zero-order valence-electron chi connectivity index (χ0n) is 14.5. The summed E-state index contributed by atoms with van der Waals surface area (Å²) in [5.41, 5.74) is 1.64. The van der Waals surface area contributed by atoms with E-state index in [2.05, 4.69) is 45.0 Å². The molecule has 0 unspecified atom stereocenters. The maximum atomic E-state index is 5.98. The van der Waals surface area contributed by atoms with Gasteiger partial charge < -0.3 is 9.64 Å². The van der Waals surface area contributed by atoms with Crippen LogP contribution in [0.2, 0.25) is 0 Å². The van der Waals surface area contributed by atoms with Crippen LogP contribution in [-0.2, 0) is 0 Å². The fourth-order valence-corrected chi connectivity index (χ4v) is 2.72. The molecule has 4 nitrogen and oxygen atoms in total. The molecule has 0 aliphatic carbocycles. The fourth-order valence-electron chi connectivity index (χ4n) is 2.34. The number of aryl methyl sites for hydroxylation is 1. The average molecular weight is 398 g/mol. The van der Waals surface area contributed by atoms with Crippen molar-refractivity contribution in [3.63, 3.8) is 0 Å². The van der Waals surface area contributed by atoms with Gasteiger partial charge in [-0.05, 0) is 58.7 Å². The van der Waals surface area contributed by atoms with E-state index in [1.165, 1.54) is 5.39 Å². The summed E-state index contributed by atoms with van der Waals surface area (Å²) >= 11 is 3.54. The maximum absolute atomic E-state index is 5.98. The molecule has 25 heavy (non-hydrogen) atoms. The predicted octanol–water partition coefficient (Wildman–Crippen LogP) is 5.71. The second-order valence-electron chi connectivity index (χ2n) is 5.81. The van der Waals surface area contributed by atoms with Gasteiger partial charge in [-0.15, -0.1) is 0 Å². The first kappa shape index (κ1) is 17.4. The molecule has 0 radical (unpaired) electrons. The van der Waals surface area contributed by atoms with Gasteiger partial charge in [0, 0.05) is 13.6 Å². The number of fused-ring (bicyclic) bond motifs is 1. The molecule has 0 bridgehead atoms. The molecule has 0 aliphatic rings. The smallest absolute Gasteiger partial charge is 0.233 e. The Kier molecular flexibility index (Phi) is 5.34. The molecule has 0 saturated heterocycles. The molecular weight excluding hydrogens is 378 g/mol. The number of pyridine rings is 1. The second-order valence-corrected chi connectivity index (χ2v) is 6.66. The molecule has 1 heterocycles. The van der Waals surface area contributed by atoms with Crippen LogP contribution < -0.4 is 4.74 Å². The quantitative estimate of drug-likeness (QED) is 0.408. The van der Waals surface area contributed by atoms with E-state index < -0.39 is 0 Å². The molecule has 3 rings (SSSR count). The SMILES string of the molecule is CCN(C)C=Nc1cc(Br)c(Oc2ccc3ccccc3c2)nc1C. The molecule has 3 aromatic rings. The van der Waals surface area contributed by atoms with Crippen LogP contribution in [0.25, 0.3) is 10.8 Å². The Bertz CT molecular complexity index is 924. The predicted molar refractivity (Wildman–Crippen MR) is 107 cm³/mol. The number of nitrogens with zero attached hydrogens (tertiary/aromatic N) is 3. The first-order valence-corrected chi connectivity index (χ1v) is 8.94. The van der Waals surface area contributed by atoms with Crippen molar-refractivity contribution in [3.8, 4) is 11.6 Å². The molecule has 128 valence electrons. The van der Waals surface area contributed by atoms with E-state index >= 15 is 0 Å². The number of hydrogen-bond donors (Lipinski definition) is 0. The molecule has 0 spiro atoms. The fraction of sp³-hybridized carbons (Fsp3) is 0.200. The normalized spacial score (nSPS) is 11.2. The molecule has 0 atom stereocenters. The minimum Gasteiger partial charge on any atom is -0.438 e. The molecule has 0 amide bonds. The minimum absolute atomic E-state index is 0.538. The van der Waals surface area contributed by atoms with Crippen LogP contribution in [0.3, 0.4) is 0 Å². The van der Waals surface area contributed by atoms with Crippen LogP contribution in [0.1, 0.15) is 12.6 Å². The molecule has 0 saturated carbocycles. The van der Waals surface area contributed by atoms with Crippen molar-refractivity contribution in [1.29, 1.82) is 0 Å². The van der Waals surface area contributed by atoms with Gasteiger partial charge in [0.15, 0.2) is 0 Å². The van der Waals surface area contributed by atoms with Crippen LogP contribution >= 0.6 is 15.9 Å². The van der Waals surface area contributed by atoms with Gasteiger partial charge in [0.05, 0.1) is 22.2 Å². The third kappa shape index (κ3) is 4.17. The summed E-state index contributed by atoms with van der Waals surface area (Å²) in [6.07, 6.45) is 1.81. The Hall–Kier alpha value is -2.40. The van der Waals surface area contributed by atoms with Gasteiger partial charge >= 0.3 is 0 Å². The Morgan fingerprint density at radius 2 is 1.92 bits per heavy atom. The lowest BCUT2D eigenvalue weighted by atomic mass is 10.1. The number of hydrogen-bond acceptors (Lipinski definition) is 3. The minimum atomic E-state index is 0.538. The number of halogens is 1. The standard InChI is InChI=1S/C20H20BrN3O/c1-4-24(3)13-22-19-12-18(21)20(23-14(19)2)25-17-10-9-15-7-5-6-8-16(15)11-17/h5-13H,4H2,1-3H3. The van der Waals surface area contributed by atoms with E-state index in [9.17, 15) is 0 Å². The summed E-state index contributed by atoms with van der Waals surface area (Å²) in [7, 11) is 1.98. The lowest BCUT2D eigenvalue weighted by Crippen LogP contribution is -2.14. The topological polar surface area (TPSA) is 37.7 Å². The summed E-state index contributed by atoms with van der Waals surface area (Å²) in [5, 5.41) is 2.32. The average Bonchev–Trinajstić information content (AvgIpc) is 2.63. The molecular formula is C20H20BrN3O. The summed E-state index contributed by atoms with van der Waals surface area (Å²) < 4.78 is 6.76. The lowest BCUT2D eigenvalue weighted by molar-refractivity contribution is 0.459. The summed E-state index contributed by atoms with van der Waals surface area (Å²) in [6, 6.07) is 16.1. The molecule has 0 fully saturated rings. The number of ether oxygens (including phenoxy) is 1. The van der Waals surface area contributed by atoms with E-state index in [1.807, 2.05) is 55.3 Å². The molecule has 1 aromatic heterocycles. The number of aromatic nitrogens is 1. The first-order valence-electron chi connectivity index (χ1n) is 8.15. The Morgan fingerprint density at radius 3 is 2.68 bits per heavy atom. The highest BCUT2D eigenvalue weighted by atomic mass is 79.9. The zero-order chi connectivity index (χ0) is 17.8. The van der Waals surface area contributed by atoms with Crippen LogP contribution in [-0.4, -0.2) is 29.8 Å². The van der Waals surface area contributed by atoms with Crippen molar-refractivity contribution < 1.29 is 4.74 Å². The van der Waals surface area contributed by atoms with E-state index in [4.69, 9.17) is 4.74 Å². The van der Waals surface area contributed by atoms with Gasteiger partial charge in [0.25, 0.3) is 0 Å². The van der Waals surface area contributed by atoms with Gasteiger partial charge in [0.1, 0.15) is 5.75 Å². The van der Waals surface area contributed by atoms with E-state index in [0.29, 0.717) is 5.88 Å². The van der Waals surface area contributed by atoms with E-state index in [-0.39, 0.29) is 0 Å². The van der Waals surface area contributed by atoms with Crippen molar-refractivity contribution in [2.45, 2.75) is 13.8 Å². The van der Waals surface area contributed by atoms with Gasteiger partial charge in [0.2, 0.25) is 5.88 Å². The van der Waals surface area contributed by atoms with Gasteiger partial charge in [-0.3, -0.25) is 0 Å². The molecule has 0 aliphatic heterocycles. The second kappa shape index (κ2) is 7.66. The maximum Gasteiger partial charge on any atom is 0.233 e. The number of benzene rings is 2. The van der Waals surface area contributed by atoms with E-state index in [1.54, 1.807) is 6.34 Å². The summed E-state index contributed by atoms with van der Waals surface area (Å²) in [6.45, 7) is 4.91. The summed E-state index contributed by atoms with van der Waals surface area (Å²) in [5.74, 6) is 1.30. The zero-order valence-corrected chi connectivity index (χ0v) is 16.1. The monoisotopic (exact) mass is 397 g/mol. The first-order chi connectivity index (χ1) is 12.1. The number of rotatable bonds is 5. The lowest BCUT2D eigenvalue weighted by Gasteiger charge is -2.11. The molecule has 5 heteroatoms. The van der Waals surface area contributed by atoms with Crippen molar-refractivity contribution in [2.24, 2.45) is 4.99 Å². The Labute approximate surface area is 156 Å². The van der Waals surface area contributed by atoms with Crippen molar-refractivity contribution in [1.82, 2.24) is 9.88 Å². The van der Waals surface area contributed by atoms with E-state index in [0.717, 1.165) is 33.5 Å². The van der Waals surface area contributed by atoms with Crippen LogP contribution in [0, 0.1) is 6.92 Å². The summed E-state index contributed by atoms with van der Waals surface area (Å²) in [4.78, 5) is 11.0. The number of aliphatic imine (C=N–C) groups is 1. The Morgan fingerprint density at radius 1 is 1.16 bits per heavy atom. The third-order valence-corrected chi connectivity index (χ3v) is 4.50. The third-order valence-electron chi connectivity index (χ3n) is 3.94. The largest absolute Gasteiger partial charge is 0.438 e.